The standard InChI is InChI=1S/C12H22N2O/c13-9-11(15)14-8-4-7-12(10-14)5-2-1-3-6-12/h1-10,13H2. The van der Waals surface area contributed by atoms with Gasteiger partial charge in [-0.1, -0.05) is 19.3 Å². The summed E-state index contributed by atoms with van der Waals surface area (Å²) in [6.45, 7) is 2.08. The zero-order valence-corrected chi connectivity index (χ0v) is 9.50. The summed E-state index contributed by atoms with van der Waals surface area (Å²) >= 11 is 0. The van der Waals surface area contributed by atoms with Crippen LogP contribution in [0.1, 0.15) is 44.9 Å². The van der Waals surface area contributed by atoms with Gasteiger partial charge >= 0.3 is 0 Å². The van der Waals surface area contributed by atoms with Crippen LogP contribution in [0.25, 0.3) is 0 Å². The lowest BCUT2D eigenvalue weighted by Gasteiger charge is -2.45. The van der Waals surface area contributed by atoms with Crippen molar-refractivity contribution in [3.63, 3.8) is 0 Å². The minimum Gasteiger partial charge on any atom is -0.341 e. The van der Waals surface area contributed by atoms with E-state index in [-0.39, 0.29) is 12.5 Å². The summed E-state index contributed by atoms with van der Waals surface area (Å²) in [6, 6.07) is 0. The van der Waals surface area contributed by atoms with Gasteiger partial charge < -0.3 is 10.6 Å². The minimum atomic E-state index is 0.139. The van der Waals surface area contributed by atoms with Crippen LogP contribution in [0.5, 0.6) is 0 Å². The molecule has 0 unspecified atom stereocenters. The van der Waals surface area contributed by atoms with Gasteiger partial charge in [-0.15, -0.1) is 0 Å². The lowest BCUT2D eigenvalue weighted by molar-refractivity contribution is -0.133. The van der Waals surface area contributed by atoms with Crippen LogP contribution in [0.2, 0.25) is 0 Å². The average Bonchev–Trinajstić information content (AvgIpc) is 2.29. The topological polar surface area (TPSA) is 46.3 Å². The first kappa shape index (κ1) is 10.9. The molecule has 2 rings (SSSR count). The molecule has 0 atom stereocenters. The maximum Gasteiger partial charge on any atom is 0.236 e. The summed E-state index contributed by atoms with van der Waals surface area (Å²) in [5.74, 6) is 0.139. The molecular weight excluding hydrogens is 188 g/mol. The number of piperidine rings is 1. The second-order valence-corrected chi connectivity index (χ2v) is 5.18. The number of hydrogen-bond acceptors (Lipinski definition) is 2. The summed E-state index contributed by atoms with van der Waals surface area (Å²) in [6.07, 6.45) is 9.22. The van der Waals surface area contributed by atoms with Gasteiger partial charge in [0.2, 0.25) is 5.91 Å². The number of carbonyl (C=O) groups is 1. The second-order valence-electron chi connectivity index (χ2n) is 5.18. The van der Waals surface area contributed by atoms with Crippen LogP contribution in [-0.2, 0) is 4.79 Å². The minimum absolute atomic E-state index is 0.139. The molecule has 0 bridgehead atoms. The second kappa shape index (κ2) is 4.52. The molecular formula is C12H22N2O. The van der Waals surface area contributed by atoms with E-state index in [9.17, 15) is 4.79 Å². The first-order chi connectivity index (χ1) is 7.26. The highest BCUT2D eigenvalue weighted by Gasteiger charge is 2.37. The molecule has 15 heavy (non-hydrogen) atoms. The Kier molecular flexibility index (Phi) is 3.29. The predicted octanol–water partition coefficient (Wildman–Crippen LogP) is 1.52. The number of carbonyl (C=O) groups excluding carboxylic acids is 1. The zero-order chi connectivity index (χ0) is 10.7. The number of likely N-dealkylation sites (tertiary alicyclic amines) is 1. The molecule has 1 aliphatic carbocycles. The van der Waals surface area contributed by atoms with Crippen molar-refractivity contribution in [2.45, 2.75) is 44.9 Å². The van der Waals surface area contributed by atoms with E-state index in [1.165, 1.54) is 44.9 Å². The Morgan fingerprint density at radius 3 is 2.47 bits per heavy atom. The van der Waals surface area contributed by atoms with E-state index in [4.69, 9.17) is 5.73 Å². The summed E-state index contributed by atoms with van der Waals surface area (Å²) in [4.78, 5) is 13.6. The molecule has 3 heteroatoms. The number of nitrogens with two attached hydrogens (primary N) is 1. The Bertz CT molecular complexity index is 228. The van der Waals surface area contributed by atoms with Crippen LogP contribution in [0.4, 0.5) is 0 Å². The monoisotopic (exact) mass is 210 g/mol. The SMILES string of the molecule is NCC(=O)N1CCCC2(CCCCC2)C1. The quantitative estimate of drug-likeness (QED) is 0.713. The molecule has 2 fully saturated rings. The predicted molar refractivity (Wildman–Crippen MR) is 60.4 cm³/mol. The van der Waals surface area contributed by atoms with E-state index < -0.39 is 0 Å². The molecule has 0 aromatic carbocycles. The first-order valence-electron chi connectivity index (χ1n) is 6.24. The molecule has 1 aliphatic heterocycles. The van der Waals surface area contributed by atoms with Crippen molar-refractivity contribution in [2.75, 3.05) is 19.6 Å². The van der Waals surface area contributed by atoms with Gasteiger partial charge in [0.25, 0.3) is 0 Å². The van der Waals surface area contributed by atoms with E-state index in [0.717, 1.165) is 13.1 Å². The van der Waals surface area contributed by atoms with Crippen molar-refractivity contribution in [3.8, 4) is 0 Å². The average molecular weight is 210 g/mol. The molecule has 1 saturated heterocycles. The lowest BCUT2D eigenvalue weighted by atomic mass is 9.69. The van der Waals surface area contributed by atoms with E-state index in [0.29, 0.717) is 5.41 Å². The van der Waals surface area contributed by atoms with Gasteiger partial charge in [0, 0.05) is 13.1 Å². The van der Waals surface area contributed by atoms with Gasteiger partial charge in [-0.2, -0.15) is 0 Å². The third-order valence-electron chi connectivity index (χ3n) is 4.10. The molecule has 0 radical (unpaired) electrons. The summed E-state index contributed by atoms with van der Waals surface area (Å²) < 4.78 is 0. The first-order valence-corrected chi connectivity index (χ1v) is 6.24. The van der Waals surface area contributed by atoms with Gasteiger partial charge in [0.15, 0.2) is 0 Å². The molecule has 86 valence electrons. The highest BCUT2D eigenvalue weighted by atomic mass is 16.2. The molecule has 1 heterocycles. The van der Waals surface area contributed by atoms with Crippen LogP contribution < -0.4 is 5.73 Å². The Labute approximate surface area is 92.0 Å². The Morgan fingerprint density at radius 2 is 1.80 bits per heavy atom. The van der Waals surface area contributed by atoms with Crippen molar-refractivity contribution in [3.05, 3.63) is 0 Å². The number of amides is 1. The molecule has 2 N–H and O–H groups in total. The summed E-state index contributed by atoms with van der Waals surface area (Å²) in [5, 5.41) is 0. The maximum atomic E-state index is 11.6. The fourth-order valence-corrected chi connectivity index (χ4v) is 3.26. The Balaban J connectivity index is 1.99. The molecule has 3 nitrogen and oxygen atoms in total. The van der Waals surface area contributed by atoms with Gasteiger partial charge in [-0.05, 0) is 31.1 Å². The van der Waals surface area contributed by atoms with E-state index in [1.54, 1.807) is 0 Å². The van der Waals surface area contributed by atoms with Crippen LogP contribution in [0, 0.1) is 5.41 Å². The maximum absolute atomic E-state index is 11.6. The van der Waals surface area contributed by atoms with Crippen molar-refractivity contribution in [1.82, 2.24) is 4.90 Å². The number of hydrogen-bond donors (Lipinski definition) is 1. The van der Waals surface area contributed by atoms with Crippen LogP contribution >= 0.6 is 0 Å². The Morgan fingerprint density at radius 1 is 1.13 bits per heavy atom. The molecule has 1 amide bonds. The highest BCUT2D eigenvalue weighted by molar-refractivity contribution is 5.78. The highest BCUT2D eigenvalue weighted by Crippen LogP contribution is 2.43. The number of rotatable bonds is 1. The molecule has 2 aliphatic rings. The van der Waals surface area contributed by atoms with E-state index in [2.05, 4.69) is 0 Å². The third-order valence-corrected chi connectivity index (χ3v) is 4.10. The summed E-state index contributed by atoms with van der Waals surface area (Å²) in [5.41, 5.74) is 5.89. The van der Waals surface area contributed by atoms with Crippen LogP contribution in [-0.4, -0.2) is 30.4 Å². The van der Waals surface area contributed by atoms with Crippen molar-refractivity contribution in [2.24, 2.45) is 11.1 Å². The van der Waals surface area contributed by atoms with Gasteiger partial charge in [-0.3, -0.25) is 4.79 Å². The lowest BCUT2D eigenvalue weighted by Crippen LogP contribution is -2.48. The van der Waals surface area contributed by atoms with Gasteiger partial charge in [-0.25, -0.2) is 0 Å². The van der Waals surface area contributed by atoms with Crippen molar-refractivity contribution >= 4 is 5.91 Å². The van der Waals surface area contributed by atoms with Crippen LogP contribution in [0.3, 0.4) is 0 Å². The molecule has 0 aromatic heterocycles. The molecule has 0 aromatic rings. The molecule has 1 spiro atoms. The summed E-state index contributed by atoms with van der Waals surface area (Å²) in [7, 11) is 0. The zero-order valence-electron chi connectivity index (χ0n) is 9.50. The fourth-order valence-electron chi connectivity index (χ4n) is 3.26. The van der Waals surface area contributed by atoms with E-state index in [1.807, 2.05) is 4.90 Å². The molecule has 1 saturated carbocycles. The van der Waals surface area contributed by atoms with Gasteiger partial charge in [0.05, 0.1) is 6.54 Å². The number of nitrogens with zero attached hydrogens (tertiary/aromatic N) is 1. The van der Waals surface area contributed by atoms with Crippen molar-refractivity contribution in [1.29, 1.82) is 0 Å². The van der Waals surface area contributed by atoms with E-state index >= 15 is 0 Å². The third kappa shape index (κ3) is 2.33. The van der Waals surface area contributed by atoms with Crippen LogP contribution in [0.15, 0.2) is 0 Å². The van der Waals surface area contributed by atoms with Gasteiger partial charge in [0.1, 0.15) is 0 Å². The Hall–Kier alpha value is -0.570. The largest absolute Gasteiger partial charge is 0.341 e. The van der Waals surface area contributed by atoms with Crippen molar-refractivity contribution < 1.29 is 4.79 Å². The fraction of sp³-hybridized carbons (Fsp3) is 0.917. The normalized spacial score (nSPS) is 25.5. The smallest absolute Gasteiger partial charge is 0.236 e.